The van der Waals surface area contributed by atoms with E-state index in [-0.39, 0.29) is 29.0 Å². The number of benzene rings is 2. The molecule has 0 heterocycles. The summed E-state index contributed by atoms with van der Waals surface area (Å²) < 4.78 is 59.1. The number of halogens is 4. The van der Waals surface area contributed by atoms with Crippen molar-refractivity contribution in [2.75, 3.05) is 0 Å². The van der Waals surface area contributed by atoms with Crippen molar-refractivity contribution in [1.29, 1.82) is 0 Å². The van der Waals surface area contributed by atoms with Gasteiger partial charge < -0.3 is 4.74 Å². The molecule has 2 nitrogen and oxygen atoms in total. The van der Waals surface area contributed by atoms with Crippen LogP contribution in [0.4, 0.5) is 17.6 Å². The van der Waals surface area contributed by atoms with E-state index in [1.807, 2.05) is 19.6 Å². The molecular formula is C21H20F4O2Si. The lowest BCUT2D eigenvalue weighted by Gasteiger charge is -2.13. The summed E-state index contributed by atoms with van der Waals surface area (Å²) in [7, 11) is -1.84. The Morgan fingerprint density at radius 1 is 1.14 bits per heavy atom. The van der Waals surface area contributed by atoms with Crippen molar-refractivity contribution in [2.24, 2.45) is 0 Å². The molecule has 2 aromatic rings. The van der Waals surface area contributed by atoms with Gasteiger partial charge in [0.2, 0.25) is 0 Å². The number of carbonyl (C=O) groups is 1. The second-order valence-electron chi connectivity index (χ2n) is 7.33. The molecule has 0 aliphatic rings. The van der Waals surface area contributed by atoms with Gasteiger partial charge in [0, 0.05) is 5.56 Å². The van der Waals surface area contributed by atoms with Crippen LogP contribution in [0.5, 0.6) is 5.75 Å². The first-order chi connectivity index (χ1) is 12.9. The van der Waals surface area contributed by atoms with Crippen molar-refractivity contribution in [2.45, 2.75) is 39.3 Å². The van der Waals surface area contributed by atoms with Crippen LogP contribution in [0.25, 0.3) is 0 Å². The summed E-state index contributed by atoms with van der Waals surface area (Å²) in [6.45, 7) is 6.92. The molecule has 0 bridgehead atoms. The van der Waals surface area contributed by atoms with Crippen LogP contribution in [0, 0.1) is 17.3 Å². The second-order valence-corrected chi connectivity index (χ2v) is 12.1. The number of Topliss-reactive ketones (excluding diaryl/α,β-unsaturated/α-hetero) is 1. The normalized spacial score (nSPS) is 11.6. The Hall–Kier alpha value is -2.59. The van der Waals surface area contributed by atoms with Crippen LogP contribution in [0.2, 0.25) is 19.6 Å². The fourth-order valence-electron chi connectivity index (χ4n) is 2.30. The van der Waals surface area contributed by atoms with E-state index in [1.54, 1.807) is 0 Å². The van der Waals surface area contributed by atoms with Gasteiger partial charge in [-0.2, -0.15) is 13.2 Å². The first kappa shape index (κ1) is 21.7. The SMILES string of the molecule is CC(=O)c1cccc(COc2ccc(C(F)(F)F)cc2C#C[Si](C)(C)C)c1F. The highest BCUT2D eigenvalue weighted by molar-refractivity contribution is 6.83. The summed E-state index contributed by atoms with van der Waals surface area (Å²) in [5, 5.41) is 0. The zero-order chi connectivity index (χ0) is 21.1. The Kier molecular flexibility index (Phi) is 6.35. The van der Waals surface area contributed by atoms with Crippen molar-refractivity contribution in [3.63, 3.8) is 0 Å². The van der Waals surface area contributed by atoms with Gasteiger partial charge in [0.05, 0.1) is 16.7 Å². The second kappa shape index (κ2) is 8.19. The van der Waals surface area contributed by atoms with E-state index in [2.05, 4.69) is 11.5 Å². The average Bonchev–Trinajstić information content (AvgIpc) is 2.57. The minimum Gasteiger partial charge on any atom is -0.487 e. The third-order valence-corrected chi connectivity index (χ3v) is 4.60. The minimum absolute atomic E-state index is 0.0627. The largest absolute Gasteiger partial charge is 0.487 e. The van der Waals surface area contributed by atoms with Crippen LogP contribution < -0.4 is 4.74 Å². The molecule has 0 aromatic heterocycles. The lowest BCUT2D eigenvalue weighted by atomic mass is 10.1. The van der Waals surface area contributed by atoms with E-state index in [0.29, 0.717) is 0 Å². The van der Waals surface area contributed by atoms with Crippen LogP contribution in [-0.2, 0) is 12.8 Å². The molecule has 0 radical (unpaired) electrons. The number of ketones is 1. The molecule has 0 spiro atoms. The van der Waals surface area contributed by atoms with Gasteiger partial charge in [0.25, 0.3) is 0 Å². The fourth-order valence-corrected chi connectivity index (χ4v) is 2.81. The number of carbonyl (C=O) groups excluding carboxylic acids is 1. The first-order valence-electron chi connectivity index (χ1n) is 8.54. The van der Waals surface area contributed by atoms with Gasteiger partial charge in [-0.05, 0) is 31.2 Å². The molecule has 0 saturated heterocycles. The molecule has 2 rings (SSSR count). The van der Waals surface area contributed by atoms with Gasteiger partial charge in [-0.1, -0.05) is 37.7 Å². The summed E-state index contributed by atoms with van der Waals surface area (Å²) in [5.41, 5.74) is 2.36. The highest BCUT2D eigenvalue weighted by Crippen LogP contribution is 2.32. The smallest absolute Gasteiger partial charge is 0.416 e. The lowest BCUT2D eigenvalue weighted by molar-refractivity contribution is -0.137. The quantitative estimate of drug-likeness (QED) is 0.274. The van der Waals surface area contributed by atoms with Crippen LogP contribution in [0.3, 0.4) is 0 Å². The van der Waals surface area contributed by atoms with E-state index < -0.39 is 31.4 Å². The molecule has 148 valence electrons. The summed E-state index contributed by atoms with van der Waals surface area (Å²) in [6.07, 6.45) is -4.50. The van der Waals surface area contributed by atoms with Gasteiger partial charge in [0.1, 0.15) is 26.2 Å². The van der Waals surface area contributed by atoms with Gasteiger partial charge in [-0.3, -0.25) is 4.79 Å². The molecule has 0 aliphatic carbocycles. The Labute approximate surface area is 162 Å². The highest BCUT2D eigenvalue weighted by atomic mass is 28.3. The molecule has 0 fully saturated rings. The summed E-state index contributed by atoms with van der Waals surface area (Å²) >= 11 is 0. The number of rotatable bonds is 4. The monoisotopic (exact) mass is 408 g/mol. The van der Waals surface area contributed by atoms with Crippen molar-refractivity contribution < 1.29 is 27.1 Å². The standard InChI is InChI=1S/C21H20F4O2Si/c1-14(26)18-7-5-6-16(20(18)22)13-27-19-9-8-17(21(23,24)25)12-15(19)10-11-28(2,3)4/h5-9,12H,13H2,1-4H3. The molecular weight excluding hydrogens is 388 g/mol. The topological polar surface area (TPSA) is 26.3 Å². The van der Waals surface area contributed by atoms with Crippen LogP contribution in [0.15, 0.2) is 36.4 Å². The van der Waals surface area contributed by atoms with Crippen LogP contribution in [-0.4, -0.2) is 13.9 Å². The molecule has 0 N–H and O–H groups in total. The average molecular weight is 408 g/mol. The highest BCUT2D eigenvalue weighted by Gasteiger charge is 2.31. The van der Waals surface area contributed by atoms with Gasteiger partial charge in [-0.15, -0.1) is 5.54 Å². The molecule has 0 atom stereocenters. The van der Waals surface area contributed by atoms with E-state index in [9.17, 15) is 22.4 Å². The van der Waals surface area contributed by atoms with Gasteiger partial charge in [-0.25, -0.2) is 4.39 Å². The molecule has 28 heavy (non-hydrogen) atoms. The zero-order valence-electron chi connectivity index (χ0n) is 16.0. The summed E-state index contributed by atoms with van der Waals surface area (Å²) in [5.74, 6) is 1.80. The molecule has 0 amide bonds. The zero-order valence-corrected chi connectivity index (χ0v) is 17.0. The molecule has 7 heteroatoms. The Morgan fingerprint density at radius 2 is 1.82 bits per heavy atom. The Balaban J connectivity index is 2.38. The third kappa shape index (κ3) is 5.70. The number of alkyl halides is 3. The van der Waals surface area contributed by atoms with E-state index in [4.69, 9.17) is 4.74 Å². The Morgan fingerprint density at radius 3 is 2.39 bits per heavy atom. The predicted molar refractivity (Wildman–Crippen MR) is 102 cm³/mol. The number of hydrogen-bond donors (Lipinski definition) is 0. The molecule has 0 unspecified atom stereocenters. The Bertz CT molecular complexity index is 948. The van der Waals surface area contributed by atoms with Crippen molar-refractivity contribution >= 4 is 13.9 Å². The maximum Gasteiger partial charge on any atom is 0.416 e. The fraction of sp³-hybridized carbons (Fsp3) is 0.286. The summed E-state index contributed by atoms with van der Waals surface area (Å²) in [6, 6.07) is 7.37. The van der Waals surface area contributed by atoms with E-state index in [0.717, 1.165) is 12.1 Å². The predicted octanol–water partition coefficient (Wildman–Crippen LogP) is 5.86. The van der Waals surface area contributed by atoms with Crippen molar-refractivity contribution in [3.05, 3.63) is 64.5 Å². The van der Waals surface area contributed by atoms with E-state index in [1.165, 1.54) is 31.2 Å². The minimum atomic E-state index is -4.50. The lowest BCUT2D eigenvalue weighted by Crippen LogP contribution is -2.16. The maximum absolute atomic E-state index is 14.4. The van der Waals surface area contributed by atoms with Crippen molar-refractivity contribution in [1.82, 2.24) is 0 Å². The molecule has 0 aliphatic heterocycles. The van der Waals surface area contributed by atoms with E-state index >= 15 is 0 Å². The molecule has 0 saturated carbocycles. The summed E-state index contributed by atoms with van der Waals surface area (Å²) in [4.78, 5) is 11.5. The number of ether oxygens (including phenoxy) is 1. The van der Waals surface area contributed by atoms with Crippen LogP contribution in [0.1, 0.15) is 34.0 Å². The van der Waals surface area contributed by atoms with Gasteiger partial charge >= 0.3 is 6.18 Å². The van der Waals surface area contributed by atoms with Gasteiger partial charge in [0.15, 0.2) is 5.78 Å². The maximum atomic E-state index is 14.4. The third-order valence-electron chi connectivity index (χ3n) is 3.72. The first-order valence-corrected chi connectivity index (χ1v) is 12.0. The van der Waals surface area contributed by atoms with Crippen molar-refractivity contribution in [3.8, 4) is 17.2 Å². The van der Waals surface area contributed by atoms with Crippen LogP contribution >= 0.6 is 0 Å². The molecule has 2 aromatic carbocycles. The number of hydrogen-bond acceptors (Lipinski definition) is 2.